The van der Waals surface area contributed by atoms with Crippen LogP contribution in [-0.2, 0) is 19.0 Å². The summed E-state index contributed by atoms with van der Waals surface area (Å²) < 4.78 is 23.4. The largest absolute Gasteiger partial charge is 0.497 e. The Morgan fingerprint density at radius 1 is 1.14 bits per heavy atom. The van der Waals surface area contributed by atoms with E-state index in [0.717, 1.165) is 56.7 Å². The van der Waals surface area contributed by atoms with E-state index >= 15 is 0 Å². The summed E-state index contributed by atoms with van der Waals surface area (Å²) in [7, 11) is 1.64. The topological polar surface area (TPSA) is 57.2 Å². The van der Waals surface area contributed by atoms with Crippen LogP contribution in [0.1, 0.15) is 31.2 Å². The number of nitrogens with zero attached hydrogens (tertiary/aromatic N) is 1. The van der Waals surface area contributed by atoms with Gasteiger partial charge in [0.05, 0.1) is 43.8 Å². The van der Waals surface area contributed by atoms with Crippen LogP contribution in [0, 0.1) is 11.8 Å². The molecule has 1 aliphatic carbocycles. The maximum atomic E-state index is 13.3. The number of carbonyl (C=O) groups excluding carboxylic acids is 1. The van der Waals surface area contributed by atoms with Crippen molar-refractivity contribution in [2.24, 2.45) is 11.8 Å². The lowest BCUT2D eigenvalue weighted by Gasteiger charge is -2.48. The van der Waals surface area contributed by atoms with Crippen LogP contribution >= 0.6 is 0 Å². The lowest BCUT2D eigenvalue weighted by atomic mass is 9.71. The molecule has 3 aliphatic heterocycles. The van der Waals surface area contributed by atoms with Gasteiger partial charge >= 0.3 is 0 Å². The van der Waals surface area contributed by atoms with Gasteiger partial charge in [-0.3, -0.25) is 9.69 Å². The fraction of sp³-hybridized carbons (Fsp3) is 0.609. The third kappa shape index (κ3) is 3.69. The average Bonchev–Trinajstić information content (AvgIpc) is 3.27. The van der Waals surface area contributed by atoms with Crippen LogP contribution in [0.2, 0.25) is 0 Å². The predicted octanol–water partition coefficient (Wildman–Crippen LogP) is 2.87. The first-order valence-electron chi connectivity index (χ1n) is 10.7. The number of benzene rings is 1. The number of Topliss-reactive ketones (excluding diaryl/α,β-unsaturated/α-hetero) is 1. The normalized spacial score (nSPS) is 34.7. The van der Waals surface area contributed by atoms with Crippen molar-refractivity contribution in [2.75, 3.05) is 33.5 Å². The van der Waals surface area contributed by atoms with E-state index in [9.17, 15) is 4.79 Å². The van der Waals surface area contributed by atoms with E-state index in [1.165, 1.54) is 0 Å². The Bertz CT molecular complexity index is 770. The molecule has 0 spiro atoms. The van der Waals surface area contributed by atoms with Gasteiger partial charge in [-0.15, -0.1) is 0 Å². The molecule has 0 amide bonds. The van der Waals surface area contributed by atoms with Crippen LogP contribution in [0.3, 0.4) is 0 Å². The van der Waals surface area contributed by atoms with Gasteiger partial charge in [0.2, 0.25) is 0 Å². The van der Waals surface area contributed by atoms with Gasteiger partial charge in [-0.05, 0) is 43.4 Å². The molecule has 5 rings (SSSR count). The number of hydrogen-bond donors (Lipinski definition) is 0. The van der Waals surface area contributed by atoms with Crippen LogP contribution in [0.15, 0.2) is 30.5 Å². The SMILES string of the molecule is COc1ccc(C2=COC3C(CCC4OCN(CC5CCCO5)CC43)C2=O)cc1. The summed E-state index contributed by atoms with van der Waals surface area (Å²) in [6.45, 7) is 3.33. The van der Waals surface area contributed by atoms with Crippen molar-refractivity contribution >= 4 is 11.4 Å². The highest BCUT2D eigenvalue weighted by atomic mass is 16.5. The zero-order valence-corrected chi connectivity index (χ0v) is 16.9. The summed E-state index contributed by atoms with van der Waals surface area (Å²) in [4.78, 5) is 15.6. The Kier molecular flexibility index (Phi) is 5.33. The summed E-state index contributed by atoms with van der Waals surface area (Å²) >= 11 is 0. The Morgan fingerprint density at radius 2 is 2.00 bits per heavy atom. The molecule has 3 fully saturated rings. The second kappa shape index (κ2) is 8.09. The van der Waals surface area contributed by atoms with Crippen molar-refractivity contribution in [1.29, 1.82) is 0 Å². The minimum atomic E-state index is -0.101. The Morgan fingerprint density at radius 3 is 2.76 bits per heavy atom. The molecule has 0 bridgehead atoms. The zero-order valence-electron chi connectivity index (χ0n) is 16.9. The summed E-state index contributed by atoms with van der Waals surface area (Å²) in [5, 5.41) is 0. The summed E-state index contributed by atoms with van der Waals surface area (Å²) in [6, 6.07) is 7.60. The number of carbonyl (C=O) groups is 1. The number of hydrogen-bond acceptors (Lipinski definition) is 6. The molecule has 0 aromatic heterocycles. The number of fused-ring (bicyclic) bond motifs is 3. The van der Waals surface area contributed by atoms with Gasteiger partial charge in [0.15, 0.2) is 5.78 Å². The fourth-order valence-electron chi connectivity index (χ4n) is 5.28. The molecule has 1 saturated carbocycles. The van der Waals surface area contributed by atoms with Gasteiger partial charge in [0.1, 0.15) is 11.9 Å². The monoisotopic (exact) mass is 399 g/mol. The number of ketones is 1. The third-order valence-electron chi connectivity index (χ3n) is 6.83. The molecule has 5 unspecified atom stereocenters. The van der Waals surface area contributed by atoms with E-state index in [1.807, 2.05) is 24.3 Å². The second-order valence-corrected chi connectivity index (χ2v) is 8.58. The second-order valence-electron chi connectivity index (χ2n) is 8.58. The molecular weight excluding hydrogens is 370 g/mol. The van der Waals surface area contributed by atoms with Gasteiger partial charge in [0, 0.05) is 25.6 Å². The molecule has 156 valence electrons. The van der Waals surface area contributed by atoms with Crippen LogP contribution in [0.5, 0.6) is 5.75 Å². The lowest BCUT2D eigenvalue weighted by molar-refractivity contribution is -0.173. The van der Waals surface area contributed by atoms with E-state index in [2.05, 4.69) is 4.90 Å². The molecule has 5 atom stereocenters. The number of rotatable bonds is 4. The van der Waals surface area contributed by atoms with Gasteiger partial charge in [-0.1, -0.05) is 12.1 Å². The molecule has 1 aromatic carbocycles. The van der Waals surface area contributed by atoms with Crippen LogP contribution < -0.4 is 4.74 Å². The Balaban J connectivity index is 1.31. The van der Waals surface area contributed by atoms with Crippen molar-refractivity contribution in [3.8, 4) is 5.75 Å². The Labute approximate surface area is 171 Å². The predicted molar refractivity (Wildman–Crippen MR) is 107 cm³/mol. The number of allylic oxidation sites excluding steroid dienone is 1. The molecular formula is C23H29NO5. The molecule has 0 radical (unpaired) electrons. The summed E-state index contributed by atoms with van der Waals surface area (Å²) in [5.74, 6) is 1.11. The van der Waals surface area contributed by atoms with Crippen molar-refractivity contribution in [3.05, 3.63) is 36.1 Å². The molecule has 1 aromatic rings. The van der Waals surface area contributed by atoms with Crippen LogP contribution in [0.25, 0.3) is 5.57 Å². The van der Waals surface area contributed by atoms with Crippen molar-refractivity contribution < 1.29 is 23.7 Å². The highest BCUT2D eigenvalue weighted by Crippen LogP contribution is 2.42. The van der Waals surface area contributed by atoms with E-state index in [1.54, 1.807) is 13.4 Å². The van der Waals surface area contributed by atoms with E-state index in [0.29, 0.717) is 18.4 Å². The molecule has 3 heterocycles. The zero-order chi connectivity index (χ0) is 19.8. The maximum Gasteiger partial charge on any atom is 0.173 e. The molecule has 6 heteroatoms. The van der Waals surface area contributed by atoms with Gasteiger partial charge in [0.25, 0.3) is 0 Å². The first-order valence-corrected chi connectivity index (χ1v) is 10.7. The third-order valence-corrected chi connectivity index (χ3v) is 6.83. The Hall–Kier alpha value is -1.89. The molecule has 4 aliphatic rings. The minimum Gasteiger partial charge on any atom is -0.497 e. The lowest BCUT2D eigenvalue weighted by Crippen LogP contribution is -2.57. The summed E-state index contributed by atoms with van der Waals surface area (Å²) in [6.07, 6.45) is 6.08. The van der Waals surface area contributed by atoms with Gasteiger partial charge in [-0.2, -0.15) is 0 Å². The van der Waals surface area contributed by atoms with Crippen molar-refractivity contribution in [3.63, 3.8) is 0 Å². The fourth-order valence-corrected chi connectivity index (χ4v) is 5.28. The minimum absolute atomic E-state index is 0.0929. The van der Waals surface area contributed by atoms with Crippen molar-refractivity contribution in [1.82, 2.24) is 4.90 Å². The number of methoxy groups -OCH3 is 1. The highest BCUT2D eigenvalue weighted by Gasteiger charge is 2.49. The molecule has 6 nitrogen and oxygen atoms in total. The van der Waals surface area contributed by atoms with Crippen LogP contribution in [0.4, 0.5) is 0 Å². The van der Waals surface area contributed by atoms with Gasteiger partial charge in [-0.25, -0.2) is 0 Å². The average molecular weight is 399 g/mol. The first-order chi connectivity index (χ1) is 14.2. The smallest absolute Gasteiger partial charge is 0.173 e. The highest BCUT2D eigenvalue weighted by molar-refractivity contribution is 6.22. The van der Waals surface area contributed by atoms with Crippen molar-refractivity contribution in [2.45, 2.75) is 44.0 Å². The first kappa shape index (κ1) is 19.1. The quantitative estimate of drug-likeness (QED) is 0.776. The van der Waals surface area contributed by atoms with E-state index < -0.39 is 0 Å². The standard InChI is InChI=1S/C23H29NO5/c1-26-16-6-4-15(5-7-16)20-13-28-23-18(22(20)25)8-9-21-19(23)12-24(14-29-21)11-17-3-2-10-27-17/h4-7,13,17-19,21,23H,2-3,8-12,14H2,1H3. The summed E-state index contributed by atoms with van der Waals surface area (Å²) in [5.41, 5.74) is 1.55. The van der Waals surface area contributed by atoms with E-state index in [4.69, 9.17) is 18.9 Å². The van der Waals surface area contributed by atoms with Crippen LogP contribution in [-0.4, -0.2) is 62.5 Å². The molecule has 2 saturated heterocycles. The molecule has 29 heavy (non-hydrogen) atoms. The van der Waals surface area contributed by atoms with Gasteiger partial charge < -0.3 is 18.9 Å². The molecule has 0 N–H and O–H groups in total. The maximum absolute atomic E-state index is 13.3. The number of ether oxygens (including phenoxy) is 4. The van der Waals surface area contributed by atoms with E-state index in [-0.39, 0.29) is 29.8 Å².